The number of nitrogens with one attached hydrogen (secondary N) is 1. The molecule has 110 valence electrons. The second kappa shape index (κ2) is 6.00. The van der Waals surface area contributed by atoms with Crippen molar-refractivity contribution in [1.29, 1.82) is 0 Å². The molecule has 0 bridgehead atoms. The van der Waals surface area contributed by atoms with Gasteiger partial charge in [0.25, 0.3) is 0 Å². The third-order valence-electron chi connectivity index (χ3n) is 3.58. The number of likely N-dealkylation sites (tertiary alicyclic amines) is 1. The van der Waals surface area contributed by atoms with Crippen LogP contribution in [-0.2, 0) is 19.2 Å². The minimum Gasteiger partial charge on any atom is -0.481 e. The summed E-state index contributed by atoms with van der Waals surface area (Å²) < 4.78 is 0. The van der Waals surface area contributed by atoms with E-state index in [1.165, 1.54) is 4.90 Å². The monoisotopic (exact) mass is 283 g/mol. The summed E-state index contributed by atoms with van der Waals surface area (Å²) in [5.41, 5.74) is 0. The van der Waals surface area contributed by atoms with Gasteiger partial charge in [-0.05, 0) is 0 Å². The third kappa shape index (κ3) is 3.13. The molecule has 2 aliphatic rings. The van der Waals surface area contributed by atoms with Gasteiger partial charge >= 0.3 is 5.97 Å². The number of carboxylic acid groups (broad SMARTS) is 1. The van der Waals surface area contributed by atoms with Crippen molar-refractivity contribution < 1.29 is 24.3 Å². The highest BCUT2D eigenvalue weighted by Crippen LogP contribution is 2.13. The quantitative estimate of drug-likeness (QED) is 0.589. The molecule has 0 aromatic heterocycles. The number of hydrogen-bond acceptors (Lipinski definition) is 5. The van der Waals surface area contributed by atoms with Gasteiger partial charge in [0.05, 0.1) is 12.5 Å². The van der Waals surface area contributed by atoms with Crippen LogP contribution in [-0.4, -0.2) is 70.8 Å². The van der Waals surface area contributed by atoms with Gasteiger partial charge in [0, 0.05) is 39.0 Å². The Hall–Kier alpha value is -1.96. The average Bonchev–Trinajstić information content (AvgIpc) is 2.70. The molecular weight excluding hydrogens is 266 g/mol. The molecule has 8 heteroatoms. The molecule has 1 atom stereocenters. The van der Waals surface area contributed by atoms with E-state index >= 15 is 0 Å². The zero-order valence-electron chi connectivity index (χ0n) is 11.0. The highest BCUT2D eigenvalue weighted by atomic mass is 16.4. The van der Waals surface area contributed by atoms with Crippen LogP contribution in [0, 0.1) is 0 Å². The Balaban J connectivity index is 1.95. The summed E-state index contributed by atoms with van der Waals surface area (Å²) in [7, 11) is 0. The number of nitrogens with zero attached hydrogens (tertiary/aromatic N) is 2. The van der Waals surface area contributed by atoms with Gasteiger partial charge in [0.1, 0.15) is 0 Å². The Kier molecular flexibility index (Phi) is 4.33. The number of amides is 3. The number of hydrogen-bond donors (Lipinski definition) is 2. The van der Waals surface area contributed by atoms with E-state index in [0.717, 1.165) is 0 Å². The van der Waals surface area contributed by atoms with E-state index in [2.05, 4.69) is 5.32 Å². The van der Waals surface area contributed by atoms with Crippen molar-refractivity contribution >= 4 is 23.7 Å². The highest BCUT2D eigenvalue weighted by molar-refractivity contribution is 6.01. The van der Waals surface area contributed by atoms with E-state index in [1.54, 1.807) is 4.90 Å². The highest BCUT2D eigenvalue weighted by Gasteiger charge is 2.34. The maximum absolute atomic E-state index is 11.7. The third-order valence-corrected chi connectivity index (χ3v) is 3.58. The topological polar surface area (TPSA) is 107 Å². The van der Waals surface area contributed by atoms with Crippen LogP contribution in [0.2, 0.25) is 0 Å². The first-order chi connectivity index (χ1) is 9.49. The minimum absolute atomic E-state index is 0.203. The molecule has 0 saturated carbocycles. The SMILES string of the molecule is O=C(O)CC1C(=O)NCCN1CCN1C(=O)CCC1=O. The van der Waals surface area contributed by atoms with Crippen molar-refractivity contribution in [2.75, 3.05) is 26.2 Å². The Morgan fingerprint density at radius 1 is 1.20 bits per heavy atom. The number of carbonyl (C=O) groups is 4. The van der Waals surface area contributed by atoms with Crippen LogP contribution < -0.4 is 5.32 Å². The smallest absolute Gasteiger partial charge is 0.305 e. The van der Waals surface area contributed by atoms with Crippen LogP contribution in [0.3, 0.4) is 0 Å². The van der Waals surface area contributed by atoms with Crippen LogP contribution in [0.4, 0.5) is 0 Å². The standard InChI is InChI=1S/C12H17N3O5/c16-9-1-2-10(17)15(9)6-5-14-4-3-13-12(20)8(14)7-11(18)19/h8H,1-7H2,(H,13,20)(H,18,19). The molecule has 0 aliphatic carbocycles. The summed E-state index contributed by atoms with van der Waals surface area (Å²) in [5.74, 6) is -1.78. The Bertz CT molecular complexity index is 434. The lowest BCUT2D eigenvalue weighted by molar-refractivity contribution is -0.144. The first-order valence-electron chi connectivity index (χ1n) is 6.56. The largest absolute Gasteiger partial charge is 0.481 e. The normalized spacial score (nSPS) is 24.1. The zero-order chi connectivity index (χ0) is 14.7. The molecule has 2 fully saturated rings. The fourth-order valence-electron chi connectivity index (χ4n) is 2.52. The van der Waals surface area contributed by atoms with E-state index in [4.69, 9.17) is 5.11 Å². The Morgan fingerprint density at radius 2 is 1.85 bits per heavy atom. The van der Waals surface area contributed by atoms with Crippen molar-refractivity contribution in [1.82, 2.24) is 15.1 Å². The first-order valence-corrected chi connectivity index (χ1v) is 6.56. The molecule has 8 nitrogen and oxygen atoms in total. The molecule has 2 saturated heterocycles. The van der Waals surface area contributed by atoms with Gasteiger partial charge in [0.15, 0.2) is 0 Å². The predicted molar refractivity (Wildman–Crippen MR) is 66.6 cm³/mol. The molecule has 0 aromatic carbocycles. The fraction of sp³-hybridized carbons (Fsp3) is 0.667. The summed E-state index contributed by atoms with van der Waals surface area (Å²) in [4.78, 5) is 48.4. The van der Waals surface area contributed by atoms with E-state index in [9.17, 15) is 19.2 Å². The lowest BCUT2D eigenvalue weighted by Crippen LogP contribution is -2.57. The molecule has 0 aromatic rings. The number of aliphatic carboxylic acids is 1. The van der Waals surface area contributed by atoms with Crippen molar-refractivity contribution in [2.24, 2.45) is 0 Å². The van der Waals surface area contributed by atoms with E-state index in [0.29, 0.717) is 19.6 Å². The van der Waals surface area contributed by atoms with Gasteiger partial charge in [-0.25, -0.2) is 0 Å². The molecule has 20 heavy (non-hydrogen) atoms. The van der Waals surface area contributed by atoms with Gasteiger partial charge in [-0.3, -0.25) is 29.0 Å². The Labute approximate surface area is 115 Å². The summed E-state index contributed by atoms with van der Waals surface area (Å²) >= 11 is 0. The molecular formula is C12H17N3O5. The van der Waals surface area contributed by atoms with Crippen LogP contribution in [0.15, 0.2) is 0 Å². The molecule has 0 radical (unpaired) electrons. The van der Waals surface area contributed by atoms with E-state index in [-0.39, 0.29) is 43.5 Å². The van der Waals surface area contributed by atoms with Gasteiger partial charge in [0.2, 0.25) is 17.7 Å². The summed E-state index contributed by atoms with van der Waals surface area (Å²) in [6.45, 7) is 1.49. The van der Waals surface area contributed by atoms with Crippen molar-refractivity contribution in [3.05, 3.63) is 0 Å². The summed E-state index contributed by atoms with van der Waals surface area (Å²) in [5, 5.41) is 11.5. The second-order valence-electron chi connectivity index (χ2n) is 4.88. The Morgan fingerprint density at radius 3 is 2.45 bits per heavy atom. The average molecular weight is 283 g/mol. The first kappa shape index (κ1) is 14.4. The lowest BCUT2D eigenvalue weighted by atomic mass is 10.1. The van der Waals surface area contributed by atoms with E-state index in [1.807, 2.05) is 0 Å². The van der Waals surface area contributed by atoms with Crippen LogP contribution in [0.1, 0.15) is 19.3 Å². The molecule has 2 rings (SSSR count). The predicted octanol–water partition coefficient (Wildman–Crippen LogP) is -1.59. The maximum atomic E-state index is 11.7. The summed E-state index contributed by atoms with van der Waals surface area (Å²) in [6, 6.07) is -0.742. The second-order valence-corrected chi connectivity index (χ2v) is 4.88. The fourth-order valence-corrected chi connectivity index (χ4v) is 2.52. The molecule has 0 spiro atoms. The molecule has 1 unspecified atom stereocenters. The summed E-state index contributed by atoms with van der Waals surface area (Å²) in [6.07, 6.45) is 0.184. The van der Waals surface area contributed by atoms with E-state index < -0.39 is 12.0 Å². The van der Waals surface area contributed by atoms with Crippen molar-refractivity contribution in [3.8, 4) is 0 Å². The number of rotatable bonds is 5. The van der Waals surface area contributed by atoms with Gasteiger partial charge in [-0.2, -0.15) is 0 Å². The maximum Gasteiger partial charge on any atom is 0.305 e. The molecule has 2 heterocycles. The number of piperazine rings is 1. The van der Waals surface area contributed by atoms with Gasteiger partial charge in [-0.1, -0.05) is 0 Å². The molecule has 3 amide bonds. The minimum atomic E-state index is -1.05. The molecule has 2 aliphatic heterocycles. The zero-order valence-corrected chi connectivity index (χ0v) is 11.0. The molecule has 2 N–H and O–H groups in total. The number of imide groups is 1. The number of carboxylic acids is 1. The van der Waals surface area contributed by atoms with Crippen molar-refractivity contribution in [3.63, 3.8) is 0 Å². The van der Waals surface area contributed by atoms with Crippen molar-refractivity contribution in [2.45, 2.75) is 25.3 Å². The van der Waals surface area contributed by atoms with Crippen LogP contribution >= 0.6 is 0 Å². The lowest BCUT2D eigenvalue weighted by Gasteiger charge is -2.34. The van der Waals surface area contributed by atoms with Gasteiger partial charge < -0.3 is 10.4 Å². The van der Waals surface area contributed by atoms with Crippen LogP contribution in [0.25, 0.3) is 0 Å². The van der Waals surface area contributed by atoms with Gasteiger partial charge in [-0.15, -0.1) is 0 Å². The number of carbonyl (C=O) groups excluding carboxylic acids is 3. The van der Waals surface area contributed by atoms with Crippen LogP contribution in [0.5, 0.6) is 0 Å².